The lowest BCUT2D eigenvalue weighted by atomic mass is 10.2. The number of hydrogen-bond acceptors (Lipinski definition) is 6. The molecule has 1 amide bonds. The fraction of sp³-hybridized carbons (Fsp3) is 0.389. The number of carbonyl (C=O) groups is 1. The van der Waals surface area contributed by atoms with Crippen LogP contribution in [0.3, 0.4) is 0 Å². The van der Waals surface area contributed by atoms with E-state index in [4.69, 9.17) is 0 Å². The zero-order valence-corrected chi connectivity index (χ0v) is 15.1. The fourth-order valence-electron chi connectivity index (χ4n) is 3.31. The lowest BCUT2D eigenvalue weighted by Crippen LogP contribution is -2.37. The highest BCUT2D eigenvalue weighted by molar-refractivity contribution is 5.75. The van der Waals surface area contributed by atoms with Gasteiger partial charge in [0, 0.05) is 50.8 Å². The molecule has 0 aliphatic carbocycles. The van der Waals surface area contributed by atoms with Gasteiger partial charge >= 0.3 is 0 Å². The van der Waals surface area contributed by atoms with E-state index >= 15 is 0 Å². The molecule has 3 aromatic rings. The van der Waals surface area contributed by atoms with Crippen LogP contribution < -0.4 is 0 Å². The monoisotopic (exact) mass is 366 g/mol. The highest BCUT2D eigenvalue weighted by Crippen LogP contribution is 2.13. The van der Waals surface area contributed by atoms with Crippen molar-refractivity contribution < 1.29 is 4.79 Å². The molecule has 0 bridgehead atoms. The lowest BCUT2D eigenvalue weighted by molar-refractivity contribution is -0.131. The van der Waals surface area contributed by atoms with Gasteiger partial charge in [0.1, 0.15) is 12.9 Å². The molecule has 140 valence electrons. The van der Waals surface area contributed by atoms with Crippen LogP contribution in [0.4, 0.5) is 0 Å². The molecule has 0 radical (unpaired) electrons. The van der Waals surface area contributed by atoms with Crippen molar-refractivity contribution in [3.63, 3.8) is 0 Å². The third-order valence-corrected chi connectivity index (χ3v) is 4.78. The van der Waals surface area contributed by atoms with Gasteiger partial charge in [0.25, 0.3) is 0 Å². The van der Waals surface area contributed by atoms with Gasteiger partial charge in [-0.25, -0.2) is 9.67 Å². The molecule has 1 aliphatic heterocycles. The van der Waals surface area contributed by atoms with Gasteiger partial charge in [-0.1, -0.05) is 12.1 Å². The van der Waals surface area contributed by atoms with Crippen LogP contribution in [0.5, 0.6) is 0 Å². The van der Waals surface area contributed by atoms with Crippen LogP contribution in [-0.4, -0.2) is 71.6 Å². The van der Waals surface area contributed by atoms with Crippen LogP contribution >= 0.6 is 0 Å². The molecule has 1 aliphatic rings. The number of carbonyl (C=O) groups excluding carboxylic acids is 1. The van der Waals surface area contributed by atoms with E-state index in [-0.39, 0.29) is 12.5 Å². The van der Waals surface area contributed by atoms with Crippen LogP contribution in [0.2, 0.25) is 0 Å². The summed E-state index contributed by atoms with van der Waals surface area (Å²) in [6, 6.07) is 8.52. The molecule has 0 unspecified atom stereocenters. The second-order valence-corrected chi connectivity index (χ2v) is 6.65. The Bertz CT molecular complexity index is 844. The molecule has 0 atom stereocenters. The first-order chi connectivity index (χ1) is 13.3. The van der Waals surface area contributed by atoms with Crippen molar-refractivity contribution in [3.8, 4) is 5.69 Å². The van der Waals surface area contributed by atoms with Crippen LogP contribution in [0.15, 0.2) is 49.3 Å². The molecule has 3 heterocycles. The Balaban J connectivity index is 1.31. The number of amides is 1. The first-order valence-corrected chi connectivity index (χ1v) is 9.06. The Morgan fingerprint density at radius 3 is 2.67 bits per heavy atom. The van der Waals surface area contributed by atoms with E-state index in [9.17, 15) is 4.79 Å². The van der Waals surface area contributed by atoms with E-state index in [1.807, 2.05) is 15.7 Å². The molecule has 0 N–H and O–H groups in total. The van der Waals surface area contributed by atoms with Gasteiger partial charge in [-0.3, -0.25) is 9.69 Å². The fourth-order valence-corrected chi connectivity index (χ4v) is 3.31. The Morgan fingerprint density at radius 2 is 1.93 bits per heavy atom. The second kappa shape index (κ2) is 8.09. The molecule has 4 rings (SSSR count). The molecule has 9 heteroatoms. The van der Waals surface area contributed by atoms with Crippen LogP contribution in [0.1, 0.15) is 12.0 Å². The van der Waals surface area contributed by atoms with Crippen molar-refractivity contribution in [1.82, 2.24) is 39.6 Å². The SMILES string of the molecule is O=C(Cn1cnnn1)N1CCCN(Cc2ccc(-n3ccnc3)cc2)CC1. The number of tetrazole rings is 1. The zero-order chi connectivity index (χ0) is 18.5. The van der Waals surface area contributed by atoms with E-state index < -0.39 is 0 Å². The van der Waals surface area contributed by atoms with Crippen molar-refractivity contribution in [2.24, 2.45) is 0 Å². The summed E-state index contributed by atoms with van der Waals surface area (Å²) in [7, 11) is 0. The average molecular weight is 366 g/mol. The number of benzene rings is 1. The number of imidazole rings is 1. The smallest absolute Gasteiger partial charge is 0.244 e. The highest BCUT2D eigenvalue weighted by Gasteiger charge is 2.19. The maximum absolute atomic E-state index is 12.4. The average Bonchev–Trinajstić information content (AvgIpc) is 3.34. The highest BCUT2D eigenvalue weighted by atomic mass is 16.2. The molecule has 9 nitrogen and oxygen atoms in total. The minimum Gasteiger partial charge on any atom is -0.340 e. The normalized spacial score (nSPS) is 15.6. The summed E-state index contributed by atoms with van der Waals surface area (Å²) in [5, 5.41) is 10.9. The molecule has 0 spiro atoms. The number of nitrogens with zero attached hydrogens (tertiary/aromatic N) is 8. The molecule has 27 heavy (non-hydrogen) atoms. The van der Waals surface area contributed by atoms with Crippen molar-refractivity contribution in [1.29, 1.82) is 0 Å². The number of hydrogen-bond donors (Lipinski definition) is 0. The zero-order valence-electron chi connectivity index (χ0n) is 15.1. The minimum atomic E-state index is 0.0637. The summed E-state index contributed by atoms with van der Waals surface area (Å²) in [5.41, 5.74) is 2.37. The van der Waals surface area contributed by atoms with Crippen LogP contribution in [-0.2, 0) is 17.9 Å². The van der Waals surface area contributed by atoms with E-state index in [2.05, 4.69) is 49.7 Å². The molecule has 1 saturated heterocycles. The van der Waals surface area contributed by atoms with Crippen molar-refractivity contribution in [2.75, 3.05) is 26.2 Å². The first-order valence-electron chi connectivity index (χ1n) is 9.06. The second-order valence-electron chi connectivity index (χ2n) is 6.65. The third kappa shape index (κ3) is 4.37. The van der Waals surface area contributed by atoms with Gasteiger partial charge < -0.3 is 9.47 Å². The van der Waals surface area contributed by atoms with Gasteiger partial charge in [-0.05, 0) is 34.5 Å². The predicted molar refractivity (Wildman–Crippen MR) is 97.9 cm³/mol. The molecule has 1 aromatic carbocycles. The Kier molecular flexibility index (Phi) is 5.20. The maximum atomic E-state index is 12.4. The molecule has 2 aromatic heterocycles. The topological polar surface area (TPSA) is 85.0 Å². The van der Waals surface area contributed by atoms with Crippen molar-refractivity contribution >= 4 is 5.91 Å². The quantitative estimate of drug-likeness (QED) is 0.657. The summed E-state index contributed by atoms with van der Waals surface area (Å²) >= 11 is 0. The van der Waals surface area contributed by atoms with Crippen LogP contribution in [0, 0.1) is 0 Å². The summed E-state index contributed by atoms with van der Waals surface area (Å²) in [6.45, 7) is 4.44. The van der Waals surface area contributed by atoms with Gasteiger partial charge in [0.2, 0.25) is 5.91 Å². The van der Waals surface area contributed by atoms with E-state index in [0.717, 1.165) is 44.8 Å². The summed E-state index contributed by atoms with van der Waals surface area (Å²) < 4.78 is 3.46. The van der Waals surface area contributed by atoms with Gasteiger partial charge in [0.05, 0.1) is 6.33 Å². The first kappa shape index (κ1) is 17.3. The van der Waals surface area contributed by atoms with Crippen LogP contribution in [0.25, 0.3) is 5.69 Å². The molecular weight excluding hydrogens is 344 g/mol. The molecular formula is C18H22N8O. The number of aromatic nitrogens is 6. The maximum Gasteiger partial charge on any atom is 0.244 e. The third-order valence-electron chi connectivity index (χ3n) is 4.78. The van der Waals surface area contributed by atoms with Crippen molar-refractivity contribution in [3.05, 3.63) is 54.9 Å². The summed E-state index contributed by atoms with van der Waals surface area (Å²) in [4.78, 5) is 20.8. The Labute approximate surface area is 157 Å². The summed E-state index contributed by atoms with van der Waals surface area (Å²) in [6.07, 6.45) is 7.94. The molecule has 0 saturated carbocycles. The lowest BCUT2D eigenvalue weighted by Gasteiger charge is -2.22. The van der Waals surface area contributed by atoms with Crippen molar-refractivity contribution in [2.45, 2.75) is 19.5 Å². The van der Waals surface area contributed by atoms with E-state index in [1.54, 1.807) is 12.5 Å². The van der Waals surface area contributed by atoms with Gasteiger partial charge in [-0.15, -0.1) is 5.10 Å². The Morgan fingerprint density at radius 1 is 1.04 bits per heavy atom. The number of rotatable bonds is 5. The Hall–Kier alpha value is -3.07. The van der Waals surface area contributed by atoms with E-state index in [1.165, 1.54) is 16.6 Å². The largest absolute Gasteiger partial charge is 0.340 e. The van der Waals surface area contributed by atoms with Gasteiger partial charge in [-0.2, -0.15) is 0 Å². The summed E-state index contributed by atoms with van der Waals surface area (Å²) in [5.74, 6) is 0.0637. The minimum absolute atomic E-state index is 0.0637. The predicted octanol–water partition coefficient (Wildman–Crippen LogP) is 0.593. The van der Waals surface area contributed by atoms with Gasteiger partial charge in [0.15, 0.2) is 0 Å². The molecule has 1 fully saturated rings. The standard InChI is InChI=1S/C18H22N8O/c27-18(13-26-15-20-21-22-26)24-8-1-7-23(10-11-24)12-16-2-4-17(5-3-16)25-9-6-19-14-25/h2-6,9,14-15H,1,7-8,10-13H2. The van der Waals surface area contributed by atoms with E-state index in [0.29, 0.717) is 0 Å².